The van der Waals surface area contributed by atoms with Gasteiger partial charge in [0.1, 0.15) is 6.54 Å². The average molecular weight is 291 g/mol. The van der Waals surface area contributed by atoms with Crippen molar-refractivity contribution in [3.63, 3.8) is 0 Å². The van der Waals surface area contributed by atoms with Gasteiger partial charge in [0.15, 0.2) is 11.5 Å². The third-order valence-electron chi connectivity index (χ3n) is 2.56. The summed E-state index contributed by atoms with van der Waals surface area (Å²) in [4.78, 5) is 33.3. The van der Waals surface area contributed by atoms with Crippen LogP contribution in [0.25, 0.3) is 0 Å². The predicted octanol–water partition coefficient (Wildman–Crippen LogP) is 0.506. The minimum absolute atomic E-state index is 0.113. The molecule has 3 amide bonds. The number of urea groups is 1. The Balaban J connectivity index is 2.15. The summed E-state index contributed by atoms with van der Waals surface area (Å²) in [5.41, 5.74) is 0.620. The summed E-state index contributed by atoms with van der Waals surface area (Å²) in [6, 6.07) is 4.22. The molecule has 1 aromatic rings. The number of amides is 3. The van der Waals surface area contributed by atoms with Gasteiger partial charge in [-0.1, -0.05) is 0 Å². The minimum atomic E-state index is -0.570. The van der Waals surface area contributed by atoms with Gasteiger partial charge in [0, 0.05) is 6.92 Å². The molecule has 110 valence electrons. The van der Waals surface area contributed by atoms with Crippen LogP contribution in [0.3, 0.4) is 0 Å². The highest BCUT2D eigenvalue weighted by molar-refractivity contribution is 6.02. The molecule has 0 radical (unpaired) electrons. The molecular weight excluding hydrogens is 278 g/mol. The van der Waals surface area contributed by atoms with Gasteiger partial charge in [0.2, 0.25) is 5.91 Å². The molecule has 1 aliphatic rings. The summed E-state index contributed by atoms with van der Waals surface area (Å²) in [6.45, 7) is 1.18. The molecule has 1 fully saturated rings. The molecule has 0 bridgehead atoms. The van der Waals surface area contributed by atoms with Gasteiger partial charge in [-0.05, 0) is 23.8 Å². The molecule has 0 unspecified atom stereocenters. The number of nitrogens with zero attached hydrogens (tertiary/aromatic N) is 2. The molecule has 1 aromatic carbocycles. The Morgan fingerprint density at radius 2 is 2.14 bits per heavy atom. The summed E-state index contributed by atoms with van der Waals surface area (Å²) in [6.07, 6.45) is 1.40. The average Bonchev–Trinajstić information content (AvgIpc) is 2.75. The Morgan fingerprint density at radius 3 is 2.71 bits per heavy atom. The van der Waals surface area contributed by atoms with Crippen molar-refractivity contribution in [1.29, 1.82) is 0 Å². The number of ether oxygens (including phenoxy) is 2. The molecule has 1 aliphatic heterocycles. The fourth-order valence-corrected chi connectivity index (χ4v) is 1.66. The number of esters is 1. The maximum Gasteiger partial charge on any atom is 0.344 e. The lowest BCUT2D eigenvalue weighted by Gasteiger charge is -2.09. The van der Waals surface area contributed by atoms with Crippen LogP contribution in [-0.2, 0) is 9.59 Å². The number of rotatable bonds is 4. The third-order valence-corrected chi connectivity index (χ3v) is 2.56. The van der Waals surface area contributed by atoms with Crippen molar-refractivity contribution >= 4 is 24.1 Å². The normalized spacial score (nSPS) is 14.5. The van der Waals surface area contributed by atoms with E-state index < -0.39 is 17.9 Å². The van der Waals surface area contributed by atoms with Crippen LogP contribution >= 0.6 is 0 Å². The van der Waals surface area contributed by atoms with Crippen molar-refractivity contribution in [3.05, 3.63) is 23.8 Å². The van der Waals surface area contributed by atoms with Crippen molar-refractivity contribution in [2.75, 3.05) is 13.7 Å². The lowest BCUT2D eigenvalue weighted by molar-refractivity contribution is -0.132. The lowest BCUT2D eigenvalue weighted by atomic mass is 10.2. The number of methoxy groups -OCH3 is 1. The van der Waals surface area contributed by atoms with Crippen LogP contribution in [0.15, 0.2) is 23.3 Å². The second kappa shape index (κ2) is 6.04. The molecule has 8 heteroatoms. The third kappa shape index (κ3) is 3.56. The van der Waals surface area contributed by atoms with Crippen LogP contribution in [-0.4, -0.2) is 42.8 Å². The number of imide groups is 1. The maximum atomic E-state index is 11.3. The molecule has 1 heterocycles. The molecule has 21 heavy (non-hydrogen) atoms. The Morgan fingerprint density at radius 1 is 1.38 bits per heavy atom. The first kappa shape index (κ1) is 14.5. The first-order valence-corrected chi connectivity index (χ1v) is 6.01. The largest absolute Gasteiger partial charge is 0.493 e. The number of hydrazone groups is 1. The Hall–Kier alpha value is -2.90. The second-order valence-electron chi connectivity index (χ2n) is 4.16. The van der Waals surface area contributed by atoms with Crippen molar-refractivity contribution in [3.8, 4) is 11.5 Å². The van der Waals surface area contributed by atoms with Crippen LogP contribution in [0.2, 0.25) is 0 Å². The van der Waals surface area contributed by atoms with E-state index in [1.165, 1.54) is 20.2 Å². The molecule has 8 nitrogen and oxygen atoms in total. The molecule has 1 N–H and O–H groups in total. The van der Waals surface area contributed by atoms with Gasteiger partial charge >= 0.3 is 12.0 Å². The second-order valence-corrected chi connectivity index (χ2v) is 4.16. The van der Waals surface area contributed by atoms with Crippen molar-refractivity contribution in [2.24, 2.45) is 5.10 Å². The van der Waals surface area contributed by atoms with Crippen LogP contribution in [0, 0.1) is 0 Å². The number of carbonyl (C=O) groups is 3. The van der Waals surface area contributed by atoms with E-state index in [1.807, 2.05) is 0 Å². The van der Waals surface area contributed by atoms with E-state index in [4.69, 9.17) is 9.47 Å². The molecule has 0 spiro atoms. The van der Waals surface area contributed by atoms with E-state index in [2.05, 4.69) is 10.4 Å². The number of hydrogen-bond donors (Lipinski definition) is 1. The zero-order valence-corrected chi connectivity index (χ0v) is 11.5. The fourth-order valence-electron chi connectivity index (χ4n) is 1.66. The summed E-state index contributed by atoms with van der Waals surface area (Å²) >= 11 is 0. The minimum Gasteiger partial charge on any atom is -0.493 e. The highest BCUT2D eigenvalue weighted by atomic mass is 16.6. The first-order valence-electron chi connectivity index (χ1n) is 6.01. The van der Waals surface area contributed by atoms with E-state index >= 15 is 0 Å². The zero-order valence-electron chi connectivity index (χ0n) is 11.5. The standard InChI is InChI=1S/C13H13N3O5/c1-8(17)21-10-4-3-9(5-11(10)20-2)6-14-16-7-12(18)15-13(16)19/h3-6H,7H2,1-2H3,(H,15,18,19)/b14-6-. The fraction of sp³-hybridized carbons (Fsp3) is 0.231. The number of hydrogen-bond acceptors (Lipinski definition) is 6. The Labute approximate surface area is 120 Å². The van der Waals surface area contributed by atoms with E-state index in [-0.39, 0.29) is 12.3 Å². The summed E-state index contributed by atoms with van der Waals surface area (Å²) in [5.74, 6) is -0.214. The van der Waals surface area contributed by atoms with Crippen molar-refractivity contribution in [1.82, 2.24) is 10.3 Å². The van der Waals surface area contributed by atoms with E-state index in [1.54, 1.807) is 18.2 Å². The topological polar surface area (TPSA) is 97.3 Å². The van der Waals surface area contributed by atoms with E-state index in [0.717, 1.165) is 5.01 Å². The van der Waals surface area contributed by atoms with Crippen molar-refractivity contribution in [2.45, 2.75) is 6.92 Å². The van der Waals surface area contributed by atoms with Crippen molar-refractivity contribution < 1.29 is 23.9 Å². The quantitative estimate of drug-likeness (QED) is 0.377. The Bertz CT molecular complexity index is 626. The number of benzene rings is 1. The molecule has 0 aliphatic carbocycles. The molecule has 0 saturated carbocycles. The number of carbonyl (C=O) groups excluding carboxylic acids is 3. The highest BCUT2D eigenvalue weighted by Crippen LogP contribution is 2.27. The van der Waals surface area contributed by atoms with Crippen LogP contribution in [0.1, 0.15) is 12.5 Å². The van der Waals surface area contributed by atoms with E-state index in [0.29, 0.717) is 11.3 Å². The van der Waals surface area contributed by atoms with Gasteiger partial charge in [0.05, 0.1) is 13.3 Å². The summed E-state index contributed by atoms with van der Waals surface area (Å²) in [7, 11) is 1.44. The SMILES string of the molecule is COc1cc(/C=N\N2CC(=O)NC2=O)ccc1OC(C)=O. The summed E-state index contributed by atoms with van der Waals surface area (Å²) < 4.78 is 10.1. The van der Waals surface area contributed by atoms with Crippen LogP contribution in [0.4, 0.5) is 4.79 Å². The van der Waals surface area contributed by atoms with Gasteiger partial charge in [0.25, 0.3) is 0 Å². The molecule has 0 atom stereocenters. The van der Waals surface area contributed by atoms with Gasteiger partial charge in [-0.25, -0.2) is 9.80 Å². The Kier molecular flexibility index (Phi) is 4.17. The summed E-state index contributed by atoms with van der Waals surface area (Å²) in [5, 5.41) is 7.02. The smallest absolute Gasteiger partial charge is 0.344 e. The van der Waals surface area contributed by atoms with Gasteiger partial charge < -0.3 is 9.47 Å². The molecule has 0 aromatic heterocycles. The van der Waals surface area contributed by atoms with Gasteiger partial charge in [-0.2, -0.15) is 5.10 Å². The molecular formula is C13H13N3O5. The van der Waals surface area contributed by atoms with Gasteiger partial charge in [-0.15, -0.1) is 0 Å². The highest BCUT2D eigenvalue weighted by Gasteiger charge is 2.25. The predicted molar refractivity (Wildman–Crippen MR) is 72.1 cm³/mol. The number of nitrogens with one attached hydrogen (secondary N) is 1. The first-order chi connectivity index (χ1) is 9.99. The van der Waals surface area contributed by atoms with Gasteiger partial charge in [-0.3, -0.25) is 14.9 Å². The zero-order chi connectivity index (χ0) is 15.4. The maximum absolute atomic E-state index is 11.3. The van der Waals surface area contributed by atoms with Crippen LogP contribution < -0.4 is 14.8 Å². The van der Waals surface area contributed by atoms with E-state index in [9.17, 15) is 14.4 Å². The monoisotopic (exact) mass is 291 g/mol. The molecule has 1 saturated heterocycles. The molecule has 2 rings (SSSR count). The van der Waals surface area contributed by atoms with Crippen LogP contribution in [0.5, 0.6) is 11.5 Å². The lowest BCUT2D eigenvalue weighted by Crippen LogP contribution is -2.24.